The van der Waals surface area contributed by atoms with Crippen molar-refractivity contribution < 1.29 is 29.3 Å². The number of phenols is 1. The number of ketones is 1. The number of aliphatic carboxylic acids is 1. The van der Waals surface area contributed by atoms with E-state index in [1.54, 1.807) is 42.5 Å². The summed E-state index contributed by atoms with van der Waals surface area (Å²) in [5.41, 5.74) is 1.75. The van der Waals surface area contributed by atoms with E-state index in [0.29, 0.717) is 36.1 Å². The van der Waals surface area contributed by atoms with Crippen LogP contribution in [-0.2, 0) is 9.53 Å². The summed E-state index contributed by atoms with van der Waals surface area (Å²) in [5.74, 6) is -0.970. The lowest BCUT2D eigenvalue weighted by molar-refractivity contribution is -0.131. The first-order chi connectivity index (χ1) is 13.8. The molecule has 0 bridgehead atoms. The van der Waals surface area contributed by atoms with Crippen molar-refractivity contribution in [2.45, 2.75) is 32.3 Å². The van der Waals surface area contributed by atoms with Gasteiger partial charge in [-0.15, -0.1) is 0 Å². The lowest BCUT2D eigenvalue weighted by atomic mass is 10.0. The maximum atomic E-state index is 12.3. The Bertz CT molecular complexity index is 871. The second-order valence-corrected chi connectivity index (χ2v) is 6.42. The molecule has 2 rings (SSSR count). The molecule has 0 aliphatic rings. The lowest BCUT2D eigenvalue weighted by Crippen LogP contribution is -2.17. The summed E-state index contributed by atoms with van der Waals surface area (Å²) < 4.78 is 5.55. The van der Waals surface area contributed by atoms with Gasteiger partial charge in [0, 0.05) is 17.3 Å². The number of carboxylic acids is 1. The molecule has 0 unspecified atom stereocenters. The van der Waals surface area contributed by atoms with Gasteiger partial charge in [-0.05, 0) is 68.1 Å². The second-order valence-electron chi connectivity index (χ2n) is 6.42. The van der Waals surface area contributed by atoms with Crippen molar-refractivity contribution in [2.75, 3.05) is 5.32 Å². The smallest absolute Gasteiger partial charge is 0.412 e. The van der Waals surface area contributed by atoms with Gasteiger partial charge in [0.15, 0.2) is 5.78 Å². The van der Waals surface area contributed by atoms with Crippen LogP contribution in [0.25, 0.3) is 0 Å². The molecule has 7 heteroatoms. The Kier molecular flexibility index (Phi) is 7.97. The number of anilines is 1. The molecule has 0 aliphatic carbocycles. The van der Waals surface area contributed by atoms with E-state index in [2.05, 4.69) is 5.32 Å². The third-order valence-electron chi connectivity index (χ3n) is 4.15. The monoisotopic (exact) mass is 397 g/mol. The maximum absolute atomic E-state index is 12.3. The molecule has 1 atom stereocenters. The van der Waals surface area contributed by atoms with Crippen LogP contribution in [-0.4, -0.2) is 28.1 Å². The zero-order chi connectivity index (χ0) is 21.2. The summed E-state index contributed by atoms with van der Waals surface area (Å²) in [6.45, 7) is 1.46. The van der Waals surface area contributed by atoms with Crippen molar-refractivity contribution in [3.63, 3.8) is 0 Å². The van der Waals surface area contributed by atoms with E-state index in [4.69, 9.17) is 9.84 Å². The molecule has 0 saturated carbocycles. The highest BCUT2D eigenvalue weighted by atomic mass is 16.6. The minimum absolute atomic E-state index is 0.0662. The fraction of sp³-hybridized carbons (Fsp3) is 0.227. The number of carboxylic acid groups (broad SMARTS) is 1. The molecule has 0 aliphatic heterocycles. The standard InChI is InChI=1S/C22H23NO6/c1-15(24)16-7-11-18(12-8-16)23-22(28)29-20(5-3-2-4-6-21(26)27)17-9-13-19(25)14-10-17/h4,6-14,20,25H,2-3,5H2,1H3,(H,23,28)(H,26,27)/b6-4+/t20-/m0/s1. The summed E-state index contributed by atoms with van der Waals surface area (Å²) in [6, 6.07) is 12.8. The highest BCUT2D eigenvalue weighted by molar-refractivity contribution is 5.95. The van der Waals surface area contributed by atoms with Gasteiger partial charge in [0.05, 0.1) is 0 Å². The molecule has 0 saturated heterocycles. The zero-order valence-electron chi connectivity index (χ0n) is 16.0. The van der Waals surface area contributed by atoms with E-state index in [-0.39, 0.29) is 11.5 Å². The number of benzene rings is 2. The normalized spacial score (nSPS) is 11.8. The molecule has 2 aromatic carbocycles. The number of unbranched alkanes of at least 4 members (excludes halogenated alkanes) is 1. The molecule has 0 fully saturated rings. The molecule has 152 valence electrons. The molecular formula is C22H23NO6. The summed E-state index contributed by atoms with van der Waals surface area (Å²) in [5, 5.41) is 20.7. The highest BCUT2D eigenvalue weighted by Crippen LogP contribution is 2.26. The van der Waals surface area contributed by atoms with Crippen LogP contribution in [0.2, 0.25) is 0 Å². The zero-order valence-corrected chi connectivity index (χ0v) is 16.0. The predicted octanol–water partition coefficient (Wildman–Crippen LogP) is 4.70. The van der Waals surface area contributed by atoms with Crippen molar-refractivity contribution in [3.05, 3.63) is 71.8 Å². The minimum atomic E-state index is -1.01. The number of hydrogen-bond donors (Lipinski definition) is 3. The van der Waals surface area contributed by atoms with E-state index in [9.17, 15) is 19.5 Å². The van der Waals surface area contributed by atoms with Gasteiger partial charge in [-0.25, -0.2) is 9.59 Å². The van der Waals surface area contributed by atoms with Gasteiger partial charge in [-0.1, -0.05) is 18.2 Å². The third kappa shape index (κ3) is 7.50. The van der Waals surface area contributed by atoms with Crippen LogP contribution in [0.3, 0.4) is 0 Å². The van der Waals surface area contributed by atoms with E-state index in [1.165, 1.54) is 19.1 Å². The summed E-state index contributed by atoms with van der Waals surface area (Å²) in [4.78, 5) is 34.2. The van der Waals surface area contributed by atoms with E-state index < -0.39 is 18.2 Å². The largest absolute Gasteiger partial charge is 0.508 e. The predicted molar refractivity (Wildman–Crippen MR) is 108 cm³/mol. The van der Waals surface area contributed by atoms with Crippen molar-refractivity contribution in [3.8, 4) is 5.75 Å². The lowest BCUT2D eigenvalue weighted by Gasteiger charge is -2.19. The first-order valence-electron chi connectivity index (χ1n) is 9.12. The molecule has 3 N–H and O–H groups in total. The first kappa shape index (κ1) is 21.7. The molecule has 1 amide bonds. The number of ether oxygens (including phenoxy) is 1. The average molecular weight is 397 g/mol. The SMILES string of the molecule is CC(=O)c1ccc(NC(=O)O[C@@H](CCC/C=C/C(=O)O)c2ccc(O)cc2)cc1. The van der Waals surface area contributed by atoms with E-state index in [1.807, 2.05) is 0 Å². The molecular weight excluding hydrogens is 374 g/mol. The van der Waals surface area contributed by atoms with Gasteiger partial charge in [0.25, 0.3) is 0 Å². The fourth-order valence-corrected chi connectivity index (χ4v) is 2.65. The third-order valence-corrected chi connectivity index (χ3v) is 4.15. The minimum Gasteiger partial charge on any atom is -0.508 e. The number of nitrogens with one attached hydrogen (secondary N) is 1. The molecule has 0 heterocycles. The molecule has 29 heavy (non-hydrogen) atoms. The van der Waals surface area contributed by atoms with Crippen molar-refractivity contribution in [2.24, 2.45) is 0 Å². The quantitative estimate of drug-likeness (QED) is 0.321. The Morgan fingerprint density at radius 3 is 2.31 bits per heavy atom. The first-order valence-corrected chi connectivity index (χ1v) is 9.12. The molecule has 0 spiro atoms. The van der Waals surface area contributed by atoms with E-state index >= 15 is 0 Å². The van der Waals surface area contributed by atoms with Gasteiger partial charge in [-0.3, -0.25) is 10.1 Å². The second kappa shape index (κ2) is 10.7. The Labute approximate surface area is 168 Å². The number of carbonyl (C=O) groups is 3. The number of Topliss-reactive ketones (excluding diaryl/α,β-unsaturated/α-hetero) is 1. The Hall–Kier alpha value is -3.61. The van der Waals surface area contributed by atoms with Gasteiger partial charge < -0.3 is 14.9 Å². The topological polar surface area (TPSA) is 113 Å². The van der Waals surface area contributed by atoms with Crippen molar-refractivity contribution in [1.29, 1.82) is 0 Å². The summed E-state index contributed by atoms with van der Waals surface area (Å²) >= 11 is 0. The maximum Gasteiger partial charge on any atom is 0.412 e. The number of amides is 1. The van der Waals surface area contributed by atoms with Crippen LogP contribution in [0.5, 0.6) is 5.75 Å². The number of allylic oxidation sites excluding steroid dienone is 1. The van der Waals surface area contributed by atoms with Crippen molar-refractivity contribution >= 4 is 23.5 Å². The van der Waals surface area contributed by atoms with Gasteiger partial charge in [0.1, 0.15) is 11.9 Å². The number of phenolic OH excluding ortho intramolecular Hbond substituents is 1. The molecule has 0 radical (unpaired) electrons. The van der Waals surface area contributed by atoms with E-state index in [0.717, 1.165) is 6.08 Å². The van der Waals surface area contributed by atoms with Gasteiger partial charge in [-0.2, -0.15) is 0 Å². The highest BCUT2D eigenvalue weighted by Gasteiger charge is 2.17. The Morgan fingerprint density at radius 2 is 1.72 bits per heavy atom. The fourth-order valence-electron chi connectivity index (χ4n) is 2.65. The molecule has 2 aromatic rings. The van der Waals surface area contributed by atoms with Crippen molar-refractivity contribution in [1.82, 2.24) is 0 Å². The van der Waals surface area contributed by atoms with Crippen LogP contribution in [0, 0.1) is 0 Å². The summed E-state index contributed by atoms with van der Waals surface area (Å²) in [6.07, 6.45) is 3.02. The molecule has 7 nitrogen and oxygen atoms in total. The van der Waals surface area contributed by atoms with Crippen LogP contribution >= 0.6 is 0 Å². The number of aromatic hydroxyl groups is 1. The summed E-state index contributed by atoms with van der Waals surface area (Å²) in [7, 11) is 0. The average Bonchev–Trinajstić information content (AvgIpc) is 2.67. The van der Waals surface area contributed by atoms with Crippen LogP contribution in [0.4, 0.5) is 10.5 Å². The molecule has 0 aromatic heterocycles. The number of hydrogen-bond acceptors (Lipinski definition) is 5. The van der Waals surface area contributed by atoms with Crippen LogP contribution in [0.15, 0.2) is 60.7 Å². The number of carbonyl (C=O) groups excluding carboxylic acids is 2. The Morgan fingerprint density at radius 1 is 1.07 bits per heavy atom. The van der Waals surface area contributed by atoms with Crippen LogP contribution in [0.1, 0.15) is 48.2 Å². The Balaban J connectivity index is 2.01. The van der Waals surface area contributed by atoms with Gasteiger partial charge >= 0.3 is 12.1 Å². The van der Waals surface area contributed by atoms with Gasteiger partial charge in [0.2, 0.25) is 0 Å². The van der Waals surface area contributed by atoms with Crippen LogP contribution < -0.4 is 5.32 Å². The number of rotatable bonds is 9.